The smallest absolute Gasteiger partial charge is 0.408 e. The molecule has 0 atom stereocenters. The van der Waals surface area contributed by atoms with E-state index in [1.165, 1.54) is 0 Å². The van der Waals surface area contributed by atoms with Crippen molar-refractivity contribution in [2.75, 3.05) is 5.32 Å². The van der Waals surface area contributed by atoms with Gasteiger partial charge in [0, 0.05) is 30.2 Å². The fraction of sp³-hybridized carbons (Fsp3) is 0.167. The fourth-order valence-corrected chi connectivity index (χ4v) is 2.49. The van der Waals surface area contributed by atoms with Gasteiger partial charge in [-0.1, -0.05) is 24.3 Å². The van der Waals surface area contributed by atoms with Crippen LogP contribution in [0.15, 0.2) is 51.7 Å². The highest BCUT2D eigenvalue weighted by atomic mass is 16.4. The molecule has 2 aromatic carbocycles. The van der Waals surface area contributed by atoms with Crippen LogP contribution >= 0.6 is 0 Å². The molecule has 6 heteroatoms. The lowest BCUT2D eigenvalue weighted by Crippen LogP contribution is -2.13. The van der Waals surface area contributed by atoms with Crippen LogP contribution < -0.4 is 11.1 Å². The van der Waals surface area contributed by atoms with Crippen LogP contribution in [0.3, 0.4) is 0 Å². The van der Waals surface area contributed by atoms with E-state index < -0.39 is 5.76 Å². The van der Waals surface area contributed by atoms with E-state index in [9.17, 15) is 14.4 Å². The summed E-state index contributed by atoms with van der Waals surface area (Å²) in [5.41, 5.74) is 2.98. The van der Waals surface area contributed by atoms with Gasteiger partial charge in [0.2, 0.25) is 5.91 Å². The molecule has 0 aliphatic heterocycles. The van der Waals surface area contributed by atoms with Crippen molar-refractivity contribution in [1.29, 1.82) is 0 Å². The van der Waals surface area contributed by atoms with E-state index in [2.05, 4.69) is 10.3 Å². The molecule has 122 valence electrons. The van der Waals surface area contributed by atoms with E-state index in [0.717, 1.165) is 5.56 Å². The molecule has 6 nitrogen and oxygen atoms in total. The van der Waals surface area contributed by atoms with Gasteiger partial charge in [0.1, 0.15) is 0 Å². The quantitative estimate of drug-likeness (QED) is 0.706. The topological polar surface area (TPSA) is 92.2 Å². The van der Waals surface area contributed by atoms with E-state index in [4.69, 9.17) is 4.42 Å². The Balaban J connectivity index is 1.61. The molecule has 3 aromatic rings. The molecule has 0 radical (unpaired) electrons. The standard InChI is InChI=1S/C18H16N2O4/c1-11-4-2-3-5-13(11)15(21)8-9-17(22)19-12-6-7-14-16(10-12)24-18(23)20-14/h2-7,10H,8-9H2,1H3,(H,19,22)(H,20,23). The summed E-state index contributed by atoms with van der Waals surface area (Å²) in [5, 5.41) is 2.70. The van der Waals surface area contributed by atoms with Crippen molar-refractivity contribution in [3.8, 4) is 0 Å². The average Bonchev–Trinajstić information content (AvgIpc) is 2.92. The van der Waals surface area contributed by atoms with Gasteiger partial charge in [-0.15, -0.1) is 0 Å². The lowest BCUT2D eigenvalue weighted by molar-refractivity contribution is -0.116. The number of aryl methyl sites for hydroxylation is 1. The molecule has 0 aliphatic rings. The van der Waals surface area contributed by atoms with Gasteiger partial charge in [-0.25, -0.2) is 4.79 Å². The summed E-state index contributed by atoms with van der Waals surface area (Å²) in [6.07, 6.45) is 0.223. The molecule has 0 unspecified atom stereocenters. The lowest BCUT2D eigenvalue weighted by atomic mass is 10.0. The van der Waals surface area contributed by atoms with Crippen LogP contribution in [0.5, 0.6) is 0 Å². The first kappa shape index (κ1) is 15.7. The molecule has 1 amide bonds. The summed E-state index contributed by atoms with van der Waals surface area (Å²) in [6, 6.07) is 12.2. The maximum absolute atomic E-state index is 12.2. The van der Waals surface area contributed by atoms with Gasteiger partial charge in [0.05, 0.1) is 5.52 Å². The highest BCUT2D eigenvalue weighted by Crippen LogP contribution is 2.17. The minimum Gasteiger partial charge on any atom is -0.408 e. The number of carbonyl (C=O) groups excluding carboxylic acids is 2. The van der Waals surface area contributed by atoms with Crippen LogP contribution in [-0.4, -0.2) is 16.7 Å². The molecule has 0 bridgehead atoms. The molecule has 1 aromatic heterocycles. The van der Waals surface area contributed by atoms with Crippen LogP contribution in [0, 0.1) is 6.92 Å². The van der Waals surface area contributed by atoms with Gasteiger partial charge in [-0.05, 0) is 24.6 Å². The van der Waals surface area contributed by atoms with Crippen LogP contribution in [0.4, 0.5) is 5.69 Å². The monoisotopic (exact) mass is 324 g/mol. The Bertz CT molecular complexity index is 968. The Kier molecular flexibility index (Phi) is 4.29. The Morgan fingerprint density at radius 1 is 1.12 bits per heavy atom. The van der Waals surface area contributed by atoms with Gasteiger partial charge in [0.25, 0.3) is 0 Å². The summed E-state index contributed by atoms with van der Waals surface area (Å²) in [4.78, 5) is 37.8. The number of aromatic nitrogens is 1. The normalized spacial score (nSPS) is 10.7. The second kappa shape index (κ2) is 6.54. The van der Waals surface area contributed by atoms with Crippen LogP contribution in [-0.2, 0) is 4.79 Å². The van der Waals surface area contributed by atoms with Crippen molar-refractivity contribution in [1.82, 2.24) is 4.98 Å². The van der Waals surface area contributed by atoms with Crippen LogP contribution in [0.2, 0.25) is 0 Å². The number of hydrogen-bond donors (Lipinski definition) is 2. The summed E-state index contributed by atoms with van der Waals surface area (Å²) in [6.45, 7) is 1.87. The van der Waals surface area contributed by atoms with E-state index in [0.29, 0.717) is 22.4 Å². The molecule has 0 saturated heterocycles. The molecule has 0 aliphatic carbocycles. The van der Waals surface area contributed by atoms with Crippen molar-refractivity contribution < 1.29 is 14.0 Å². The number of Topliss-reactive ketones (excluding diaryl/α,β-unsaturated/α-hetero) is 1. The van der Waals surface area contributed by atoms with E-state index >= 15 is 0 Å². The summed E-state index contributed by atoms with van der Waals surface area (Å²) >= 11 is 0. The summed E-state index contributed by atoms with van der Waals surface area (Å²) < 4.78 is 4.94. The molecule has 0 fully saturated rings. The van der Waals surface area contributed by atoms with Crippen molar-refractivity contribution in [3.05, 3.63) is 64.1 Å². The first-order chi connectivity index (χ1) is 11.5. The third-order valence-corrected chi connectivity index (χ3v) is 3.73. The predicted octanol–water partition coefficient (Wildman–Crippen LogP) is 3.03. The highest BCUT2D eigenvalue weighted by molar-refractivity contribution is 6.01. The molecule has 24 heavy (non-hydrogen) atoms. The van der Waals surface area contributed by atoms with E-state index in [1.807, 2.05) is 19.1 Å². The Morgan fingerprint density at radius 3 is 2.71 bits per heavy atom. The molecule has 1 heterocycles. The minimum absolute atomic E-state index is 0.0599. The Morgan fingerprint density at radius 2 is 1.92 bits per heavy atom. The van der Waals surface area contributed by atoms with Crippen LogP contribution in [0.1, 0.15) is 28.8 Å². The van der Waals surface area contributed by atoms with Crippen molar-refractivity contribution in [3.63, 3.8) is 0 Å². The molecule has 3 rings (SSSR count). The maximum atomic E-state index is 12.2. The summed E-state index contributed by atoms with van der Waals surface area (Å²) in [7, 11) is 0. The zero-order chi connectivity index (χ0) is 17.1. The molecule has 0 saturated carbocycles. The minimum atomic E-state index is -0.544. The van der Waals surface area contributed by atoms with Crippen molar-refractivity contribution in [2.45, 2.75) is 19.8 Å². The number of aromatic amines is 1. The number of nitrogens with one attached hydrogen (secondary N) is 2. The second-order valence-electron chi connectivity index (χ2n) is 5.51. The molecular formula is C18H16N2O4. The Hall–Kier alpha value is -3.15. The number of benzene rings is 2. The van der Waals surface area contributed by atoms with E-state index in [-0.39, 0.29) is 24.5 Å². The third-order valence-electron chi connectivity index (χ3n) is 3.73. The number of amides is 1. The SMILES string of the molecule is Cc1ccccc1C(=O)CCC(=O)Nc1ccc2[nH]c(=O)oc2c1. The average molecular weight is 324 g/mol. The fourth-order valence-electron chi connectivity index (χ4n) is 2.49. The summed E-state index contributed by atoms with van der Waals surface area (Å²) in [5.74, 6) is -0.873. The largest absolute Gasteiger partial charge is 0.417 e. The van der Waals surface area contributed by atoms with Crippen LogP contribution in [0.25, 0.3) is 11.1 Å². The number of anilines is 1. The number of ketones is 1. The van der Waals surface area contributed by atoms with E-state index in [1.54, 1.807) is 30.3 Å². The molecule has 0 spiro atoms. The maximum Gasteiger partial charge on any atom is 0.417 e. The van der Waals surface area contributed by atoms with Gasteiger partial charge >= 0.3 is 5.76 Å². The van der Waals surface area contributed by atoms with Crippen molar-refractivity contribution in [2.24, 2.45) is 0 Å². The zero-order valence-electron chi connectivity index (χ0n) is 13.1. The zero-order valence-corrected chi connectivity index (χ0v) is 13.1. The molecule has 2 N–H and O–H groups in total. The number of oxazole rings is 1. The number of carbonyl (C=O) groups is 2. The van der Waals surface area contributed by atoms with Gasteiger partial charge in [-0.3, -0.25) is 14.6 Å². The van der Waals surface area contributed by atoms with Gasteiger partial charge in [0.15, 0.2) is 11.4 Å². The number of H-pyrrole nitrogens is 1. The highest BCUT2D eigenvalue weighted by Gasteiger charge is 2.12. The first-order valence-electron chi connectivity index (χ1n) is 7.54. The number of fused-ring (bicyclic) bond motifs is 1. The number of hydrogen-bond acceptors (Lipinski definition) is 4. The molecular weight excluding hydrogens is 308 g/mol. The Labute approximate surface area is 137 Å². The van der Waals surface area contributed by atoms with Gasteiger partial charge in [-0.2, -0.15) is 0 Å². The third kappa shape index (κ3) is 3.43. The van der Waals surface area contributed by atoms with Gasteiger partial charge < -0.3 is 9.73 Å². The second-order valence-corrected chi connectivity index (χ2v) is 5.51. The predicted molar refractivity (Wildman–Crippen MR) is 90.2 cm³/mol. The van der Waals surface area contributed by atoms with Crippen molar-refractivity contribution >= 4 is 28.5 Å². The lowest BCUT2D eigenvalue weighted by Gasteiger charge is -2.06. The number of rotatable bonds is 5. The first-order valence-corrected chi connectivity index (χ1v) is 7.54.